The van der Waals surface area contributed by atoms with Gasteiger partial charge in [0, 0.05) is 18.6 Å². The molecular formula is C38H74N2O4. The fourth-order valence-corrected chi connectivity index (χ4v) is 8.02. The van der Waals surface area contributed by atoms with Crippen molar-refractivity contribution in [2.24, 2.45) is 35.5 Å². The number of ether oxygens (including phenoxy) is 3. The number of nitrogens with zero attached hydrogens (tertiary/aromatic N) is 1. The monoisotopic (exact) mass is 623 g/mol. The minimum absolute atomic E-state index is 0.342. The van der Waals surface area contributed by atoms with E-state index >= 15 is 0 Å². The van der Waals surface area contributed by atoms with Gasteiger partial charge in [0.25, 0.3) is 0 Å². The number of piperidine rings is 2. The van der Waals surface area contributed by atoms with Gasteiger partial charge in [-0.2, -0.15) is 0 Å². The maximum atomic E-state index is 10.4. The highest BCUT2D eigenvalue weighted by atomic mass is 16.6. The van der Waals surface area contributed by atoms with E-state index in [9.17, 15) is 5.11 Å². The molecule has 6 nitrogen and oxygen atoms in total. The highest BCUT2D eigenvalue weighted by Gasteiger charge is 2.34. The minimum Gasteiger partial charge on any atom is -0.389 e. The average Bonchev–Trinajstić information content (AvgIpc) is 3.82. The van der Waals surface area contributed by atoms with Crippen molar-refractivity contribution < 1.29 is 19.3 Å². The van der Waals surface area contributed by atoms with Gasteiger partial charge in [-0.05, 0) is 114 Å². The molecule has 5 fully saturated rings. The van der Waals surface area contributed by atoms with E-state index in [1.165, 1.54) is 77.2 Å². The van der Waals surface area contributed by atoms with Crippen molar-refractivity contribution in [1.29, 1.82) is 0 Å². The van der Waals surface area contributed by atoms with Gasteiger partial charge < -0.3 is 24.6 Å². The molecule has 3 saturated heterocycles. The second kappa shape index (κ2) is 20.2. The van der Waals surface area contributed by atoms with Crippen molar-refractivity contribution in [3.8, 4) is 0 Å². The lowest BCUT2D eigenvalue weighted by molar-refractivity contribution is -0.0765. The van der Waals surface area contributed by atoms with Gasteiger partial charge in [-0.25, -0.2) is 0 Å². The summed E-state index contributed by atoms with van der Waals surface area (Å²) in [5.74, 6) is 4.46. The zero-order valence-corrected chi connectivity index (χ0v) is 30.3. The molecule has 0 aromatic heterocycles. The van der Waals surface area contributed by atoms with Gasteiger partial charge in [0.1, 0.15) is 6.10 Å². The van der Waals surface area contributed by atoms with E-state index in [0.717, 1.165) is 62.4 Å². The molecule has 0 amide bonds. The molecule has 0 spiro atoms. The number of hydrogen-bond acceptors (Lipinski definition) is 6. The van der Waals surface area contributed by atoms with E-state index in [2.05, 4.69) is 65.6 Å². The van der Waals surface area contributed by atoms with Gasteiger partial charge in [0.05, 0.1) is 38.1 Å². The molecule has 2 saturated carbocycles. The zero-order valence-electron chi connectivity index (χ0n) is 30.3. The van der Waals surface area contributed by atoms with E-state index in [4.69, 9.17) is 14.2 Å². The standard InChI is InChI=1S/C19H37NO2.C13H24O2.C6H13N/c1-14(2)18-9-8-15(3)11-19(18)22-13-17(21)12-20-10-6-5-7-16(20)4;1-9(2)12-5-4-10(3)6-13(12)15-8-11-7-14-11;1-6-4-2-3-5-7-6/h14-19,21H,5-13H2,1-4H3;9-13H,4-8H2,1-3H3;6-7H,2-5H2,1H3. The highest BCUT2D eigenvalue weighted by Crippen LogP contribution is 2.36. The zero-order chi connectivity index (χ0) is 32.1. The van der Waals surface area contributed by atoms with Crippen LogP contribution in [-0.2, 0) is 14.2 Å². The smallest absolute Gasteiger partial charge is 0.104 e. The molecule has 0 aromatic carbocycles. The summed E-state index contributed by atoms with van der Waals surface area (Å²) in [5.41, 5.74) is 0. The summed E-state index contributed by atoms with van der Waals surface area (Å²) < 4.78 is 17.4. The summed E-state index contributed by atoms with van der Waals surface area (Å²) in [6, 6.07) is 1.40. The number of likely N-dealkylation sites (tertiary alicyclic amines) is 1. The van der Waals surface area contributed by atoms with Crippen LogP contribution in [0.1, 0.15) is 132 Å². The molecule has 0 bridgehead atoms. The molecule has 0 radical (unpaired) electrons. The van der Waals surface area contributed by atoms with Crippen LogP contribution in [-0.4, -0.2) is 86.0 Å². The fraction of sp³-hybridized carbons (Fsp3) is 1.00. The number of aliphatic hydroxyl groups excluding tert-OH is 1. The average molecular weight is 623 g/mol. The molecular weight excluding hydrogens is 548 g/mol. The Hall–Kier alpha value is -0.240. The Morgan fingerprint density at radius 3 is 1.84 bits per heavy atom. The van der Waals surface area contributed by atoms with E-state index in [0.29, 0.717) is 42.8 Å². The molecule has 10 unspecified atom stereocenters. The Balaban J connectivity index is 0.000000205. The first-order valence-electron chi connectivity index (χ1n) is 19.0. The van der Waals surface area contributed by atoms with Crippen LogP contribution in [0, 0.1) is 35.5 Å². The molecule has 2 N–H and O–H groups in total. The van der Waals surface area contributed by atoms with Crippen LogP contribution in [0.2, 0.25) is 0 Å². The quantitative estimate of drug-likeness (QED) is 0.243. The van der Waals surface area contributed by atoms with Crippen LogP contribution in [0.4, 0.5) is 0 Å². The molecule has 2 aliphatic carbocycles. The van der Waals surface area contributed by atoms with Crippen LogP contribution >= 0.6 is 0 Å². The lowest BCUT2D eigenvalue weighted by Gasteiger charge is -2.38. The Labute approximate surface area is 273 Å². The molecule has 5 aliphatic rings. The summed E-state index contributed by atoms with van der Waals surface area (Å²) in [5, 5.41) is 13.8. The van der Waals surface area contributed by atoms with Crippen LogP contribution in [0.15, 0.2) is 0 Å². The topological polar surface area (TPSA) is 66.5 Å². The fourth-order valence-electron chi connectivity index (χ4n) is 8.02. The SMILES string of the molecule is CC1CCC(C(C)C)C(OCC(O)CN2CCCCC2C)C1.CC1CCC(C(C)C)C(OCC2CO2)C1.CC1CCCCN1. The number of epoxide rings is 1. The van der Waals surface area contributed by atoms with Crippen LogP contribution < -0.4 is 5.32 Å². The Morgan fingerprint density at radius 1 is 0.773 bits per heavy atom. The van der Waals surface area contributed by atoms with Crippen molar-refractivity contribution >= 4 is 0 Å². The third kappa shape index (κ3) is 14.3. The summed E-state index contributed by atoms with van der Waals surface area (Å²) >= 11 is 0. The van der Waals surface area contributed by atoms with Crippen LogP contribution in [0.25, 0.3) is 0 Å². The number of hydrogen-bond donors (Lipinski definition) is 2. The van der Waals surface area contributed by atoms with Gasteiger partial charge >= 0.3 is 0 Å². The van der Waals surface area contributed by atoms with E-state index in [-0.39, 0.29) is 6.10 Å². The van der Waals surface area contributed by atoms with Crippen molar-refractivity contribution in [2.45, 2.75) is 169 Å². The second-order valence-corrected chi connectivity index (χ2v) is 16.2. The molecule has 260 valence electrons. The number of β-amino-alcohol motifs (C(OH)–C–C–N with tert-alkyl or cyclic N) is 1. The normalized spacial score (nSPS) is 37.0. The van der Waals surface area contributed by atoms with Crippen molar-refractivity contribution in [3.05, 3.63) is 0 Å². The molecule has 3 aliphatic heterocycles. The van der Waals surface area contributed by atoms with E-state index in [1.807, 2.05) is 0 Å². The first-order valence-corrected chi connectivity index (χ1v) is 19.0. The Kier molecular flexibility index (Phi) is 17.5. The van der Waals surface area contributed by atoms with Gasteiger partial charge in [-0.15, -0.1) is 0 Å². The number of aliphatic hydroxyl groups is 1. The molecule has 5 rings (SSSR count). The summed E-state index contributed by atoms with van der Waals surface area (Å²) in [6.45, 7) is 23.9. The number of rotatable bonds is 10. The molecule has 3 heterocycles. The van der Waals surface area contributed by atoms with Crippen molar-refractivity contribution in [3.63, 3.8) is 0 Å². The molecule has 44 heavy (non-hydrogen) atoms. The van der Waals surface area contributed by atoms with Crippen LogP contribution in [0.5, 0.6) is 0 Å². The molecule has 10 atom stereocenters. The maximum absolute atomic E-state index is 10.4. The minimum atomic E-state index is -0.342. The maximum Gasteiger partial charge on any atom is 0.104 e. The summed E-state index contributed by atoms with van der Waals surface area (Å²) in [4.78, 5) is 2.43. The predicted octanol–water partition coefficient (Wildman–Crippen LogP) is 7.71. The van der Waals surface area contributed by atoms with Gasteiger partial charge in [0.2, 0.25) is 0 Å². The lowest BCUT2D eigenvalue weighted by atomic mass is 9.75. The van der Waals surface area contributed by atoms with Gasteiger partial charge in [-0.1, -0.05) is 67.2 Å². The van der Waals surface area contributed by atoms with Gasteiger partial charge in [0.15, 0.2) is 0 Å². The van der Waals surface area contributed by atoms with Crippen molar-refractivity contribution in [1.82, 2.24) is 10.2 Å². The van der Waals surface area contributed by atoms with Crippen LogP contribution in [0.3, 0.4) is 0 Å². The largest absolute Gasteiger partial charge is 0.389 e. The Bertz CT molecular complexity index is 740. The predicted molar refractivity (Wildman–Crippen MR) is 184 cm³/mol. The molecule has 6 heteroatoms. The second-order valence-electron chi connectivity index (χ2n) is 16.2. The van der Waals surface area contributed by atoms with E-state index < -0.39 is 0 Å². The highest BCUT2D eigenvalue weighted by molar-refractivity contribution is 4.83. The van der Waals surface area contributed by atoms with Crippen molar-refractivity contribution in [2.75, 3.05) is 39.5 Å². The number of nitrogens with one attached hydrogen (secondary N) is 1. The summed E-state index contributed by atoms with van der Waals surface area (Å²) in [6.07, 6.45) is 16.7. The Morgan fingerprint density at radius 2 is 1.36 bits per heavy atom. The first-order chi connectivity index (χ1) is 21.0. The summed E-state index contributed by atoms with van der Waals surface area (Å²) in [7, 11) is 0. The third-order valence-corrected chi connectivity index (χ3v) is 11.3. The first kappa shape index (κ1) is 38.2. The van der Waals surface area contributed by atoms with E-state index in [1.54, 1.807) is 0 Å². The van der Waals surface area contributed by atoms with Gasteiger partial charge in [-0.3, -0.25) is 4.90 Å². The molecule has 0 aromatic rings. The lowest BCUT2D eigenvalue weighted by Crippen LogP contribution is -2.44. The third-order valence-electron chi connectivity index (χ3n) is 11.3.